The molecule has 0 bridgehead atoms. The van der Waals surface area contributed by atoms with Crippen LogP contribution in [0.25, 0.3) is 0 Å². The SMILES string of the molecule is CC1CCC(OC2CCC(OC3CCC(C)CC3)C(C(C)(C)C)C2)CC1. The first-order chi connectivity index (χ1) is 12.3. The van der Waals surface area contributed by atoms with Crippen LogP contribution in [0, 0.1) is 23.2 Å². The van der Waals surface area contributed by atoms with Crippen LogP contribution in [0.2, 0.25) is 0 Å². The monoisotopic (exact) mass is 364 g/mol. The molecule has 152 valence electrons. The summed E-state index contributed by atoms with van der Waals surface area (Å²) in [5.74, 6) is 2.43. The highest BCUT2D eigenvalue weighted by Gasteiger charge is 2.40. The molecule has 3 saturated carbocycles. The van der Waals surface area contributed by atoms with Crippen LogP contribution < -0.4 is 0 Å². The van der Waals surface area contributed by atoms with Gasteiger partial charge in [0.05, 0.1) is 24.4 Å². The number of ether oxygens (including phenoxy) is 2. The molecule has 3 unspecified atom stereocenters. The van der Waals surface area contributed by atoms with Gasteiger partial charge in [0.2, 0.25) is 0 Å². The largest absolute Gasteiger partial charge is 0.375 e. The normalized spacial score (nSPS) is 42.6. The van der Waals surface area contributed by atoms with E-state index < -0.39 is 0 Å². The van der Waals surface area contributed by atoms with E-state index in [2.05, 4.69) is 34.6 Å². The van der Waals surface area contributed by atoms with Gasteiger partial charge in [0, 0.05) is 0 Å². The van der Waals surface area contributed by atoms with Gasteiger partial charge in [-0.25, -0.2) is 0 Å². The quantitative estimate of drug-likeness (QED) is 0.548. The Kier molecular flexibility index (Phi) is 7.11. The molecule has 26 heavy (non-hydrogen) atoms. The molecule has 3 fully saturated rings. The Labute approximate surface area is 162 Å². The maximum Gasteiger partial charge on any atom is 0.0613 e. The molecule has 0 spiro atoms. The molecule has 0 heterocycles. The van der Waals surface area contributed by atoms with Crippen LogP contribution >= 0.6 is 0 Å². The minimum atomic E-state index is 0.301. The molecule has 0 radical (unpaired) electrons. The van der Waals surface area contributed by atoms with E-state index in [1.165, 1.54) is 70.6 Å². The van der Waals surface area contributed by atoms with Crippen molar-refractivity contribution in [1.82, 2.24) is 0 Å². The smallest absolute Gasteiger partial charge is 0.0613 e. The molecule has 0 N–H and O–H groups in total. The summed E-state index contributed by atoms with van der Waals surface area (Å²) in [5.41, 5.74) is 0.301. The minimum Gasteiger partial charge on any atom is -0.375 e. The number of hydrogen-bond acceptors (Lipinski definition) is 2. The standard InChI is InChI=1S/C24H44O2/c1-17-6-10-19(11-7-17)25-21-14-15-23(22(16-21)24(3,4)5)26-20-12-8-18(2)9-13-20/h17-23H,6-16H2,1-5H3. The van der Waals surface area contributed by atoms with E-state index in [-0.39, 0.29) is 0 Å². The highest BCUT2D eigenvalue weighted by Crippen LogP contribution is 2.43. The van der Waals surface area contributed by atoms with Gasteiger partial charge in [-0.1, -0.05) is 34.6 Å². The van der Waals surface area contributed by atoms with E-state index in [9.17, 15) is 0 Å². The highest BCUT2D eigenvalue weighted by molar-refractivity contribution is 4.90. The Morgan fingerprint density at radius 3 is 1.54 bits per heavy atom. The minimum absolute atomic E-state index is 0.301. The molecule has 0 aromatic carbocycles. The van der Waals surface area contributed by atoms with Crippen LogP contribution in [0.1, 0.15) is 105 Å². The van der Waals surface area contributed by atoms with Crippen molar-refractivity contribution in [3.05, 3.63) is 0 Å². The van der Waals surface area contributed by atoms with Gasteiger partial charge in [-0.15, -0.1) is 0 Å². The fourth-order valence-electron chi connectivity index (χ4n) is 5.55. The molecule has 0 amide bonds. The van der Waals surface area contributed by atoms with E-state index >= 15 is 0 Å². The Hall–Kier alpha value is -0.0800. The second-order valence-corrected chi connectivity index (χ2v) is 11.0. The first-order valence-electron chi connectivity index (χ1n) is 11.6. The molecule has 3 rings (SSSR count). The van der Waals surface area contributed by atoms with Crippen LogP contribution in [-0.2, 0) is 9.47 Å². The van der Waals surface area contributed by atoms with Crippen LogP contribution in [0.3, 0.4) is 0 Å². The summed E-state index contributed by atoms with van der Waals surface area (Å²) in [5, 5.41) is 0. The van der Waals surface area contributed by atoms with Crippen molar-refractivity contribution in [2.75, 3.05) is 0 Å². The molecule has 2 heteroatoms. The van der Waals surface area contributed by atoms with Crippen molar-refractivity contribution in [3.63, 3.8) is 0 Å². The van der Waals surface area contributed by atoms with Gasteiger partial charge in [0.25, 0.3) is 0 Å². The second kappa shape index (κ2) is 8.95. The van der Waals surface area contributed by atoms with Crippen LogP contribution in [0.15, 0.2) is 0 Å². The Bertz CT molecular complexity index is 410. The molecule has 3 aliphatic rings. The summed E-state index contributed by atoms with van der Waals surface area (Å²) in [6, 6.07) is 0. The fourth-order valence-corrected chi connectivity index (χ4v) is 5.55. The lowest BCUT2D eigenvalue weighted by Crippen LogP contribution is -2.44. The zero-order chi connectivity index (χ0) is 18.7. The van der Waals surface area contributed by atoms with E-state index in [1.807, 2.05) is 0 Å². The summed E-state index contributed by atoms with van der Waals surface area (Å²) in [6.45, 7) is 12.0. The number of rotatable bonds is 4. The van der Waals surface area contributed by atoms with Gasteiger partial charge >= 0.3 is 0 Å². The van der Waals surface area contributed by atoms with E-state index in [4.69, 9.17) is 9.47 Å². The van der Waals surface area contributed by atoms with Gasteiger partial charge in [-0.3, -0.25) is 0 Å². The van der Waals surface area contributed by atoms with Crippen molar-refractivity contribution in [1.29, 1.82) is 0 Å². The van der Waals surface area contributed by atoms with Crippen molar-refractivity contribution >= 4 is 0 Å². The molecule has 3 aliphatic carbocycles. The average Bonchev–Trinajstić information content (AvgIpc) is 2.59. The van der Waals surface area contributed by atoms with Crippen molar-refractivity contribution in [2.45, 2.75) is 130 Å². The summed E-state index contributed by atoms with van der Waals surface area (Å²) in [7, 11) is 0. The first kappa shape index (κ1) is 20.6. The first-order valence-corrected chi connectivity index (χ1v) is 11.6. The van der Waals surface area contributed by atoms with Crippen molar-refractivity contribution in [2.24, 2.45) is 23.2 Å². The second-order valence-electron chi connectivity index (χ2n) is 11.0. The third kappa shape index (κ3) is 5.71. The Morgan fingerprint density at radius 1 is 0.577 bits per heavy atom. The third-order valence-corrected chi connectivity index (χ3v) is 7.53. The third-order valence-electron chi connectivity index (χ3n) is 7.53. The zero-order valence-electron chi connectivity index (χ0n) is 18.1. The van der Waals surface area contributed by atoms with E-state index in [0.29, 0.717) is 35.7 Å². The van der Waals surface area contributed by atoms with Crippen LogP contribution in [0.4, 0.5) is 0 Å². The van der Waals surface area contributed by atoms with Gasteiger partial charge in [0.1, 0.15) is 0 Å². The molecule has 3 atom stereocenters. The molecular formula is C24H44O2. The Balaban J connectivity index is 1.53. The summed E-state index contributed by atoms with van der Waals surface area (Å²) in [4.78, 5) is 0. The lowest BCUT2D eigenvalue weighted by Gasteiger charge is -2.45. The lowest BCUT2D eigenvalue weighted by molar-refractivity contribution is -0.139. The topological polar surface area (TPSA) is 18.5 Å². The summed E-state index contributed by atoms with van der Waals surface area (Å²) < 4.78 is 13.3. The van der Waals surface area contributed by atoms with Crippen molar-refractivity contribution in [3.8, 4) is 0 Å². The molecule has 0 saturated heterocycles. The molecule has 0 aliphatic heterocycles. The molecule has 0 aromatic heterocycles. The van der Waals surface area contributed by atoms with E-state index in [0.717, 1.165) is 11.8 Å². The fraction of sp³-hybridized carbons (Fsp3) is 1.00. The predicted octanol–water partition coefficient (Wildman–Crippen LogP) is 6.76. The molecular weight excluding hydrogens is 320 g/mol. The highest BCUT2D eigenvalue weighted by atomic mass is 16.5. The van der Waals surface area contributed by atoms with Gasteiger partial charge in [-0.2, -0.15) is 0 Å². The average molecular weight is 365 g/mol. The predicted molar refractivity (Wildman–Crippen MR) is 109 cm³/mol. The van der Waals surface area contributed by atoms with Crippen LogP contribution in [0.5, 0.6) is 0 Å². The Morgan fingerprint density at radius 2 is 1.04 bits per heavy atom. The van der Waals surface area contributed by atoms with Crippen molar-refractivity contribution < 1.29 is 9.47 Å². The van der Waals surface area contributed by atoms with Crippen LogP contribution in [-0.4, -0.2) is 24.4 Å². The van der Waals surface area contributed by atoms with Gasteiger partial charge in [0.15, 0.2) is 0 Å². The molecule has 2 nitrogen and oxygen atoms in total. The maximum atomic E-state index is 6.72. The lowest BCUT2D eigenvalue weighted by atomic mass is 9.69. The number of hydrogen-bond donors (Lipinski definition) is 0. The van der Waals surface area contributed by atoms with Gasteiger partial charge in [-0.05, 0) is 93.8 Å². The maximum absolute atomic E-state index is 6.72. The molecule has 0 aromatic rings. The summed E-state index contributed by atoms with van der Waals surface area (Å²) >= 11 is 0. The van der Waals surface area contributed by atoms with E-state index in [1.54, 1.807) is 0 Å². The summed E-state index contributed by atoms with van der Waals surface area (Å²) in [6.07, 6.45) is 16.0. The van der Waals surface area contributed by atoms with Gasteiger partial charge < -0.3 is 9.47 Å². The zero-order valence-corrected chi connectivity index (χ0v) is 18.1.